The highest BCUT2D eigenvalue weighted by Gasteiger charge is 2.31. The Morgan fingerprint density at radius 2 is 1.13 bits per heavy atom. The number of alkyl halides is 3. The topological polar surface area (TPSA) is 235 Å². The molecule has 12 aromatic rings. The Balaban J connectivity index is 0.000000163. The van der Waals surface area contributed by atoms with Crippen LogP contribution < -0.4 is 16.0 Å². The van der Waals surface area contributed by atoms with Gasteiger partial charge in [0.05, 0.1) is 40.1 Å². The molecular formula is C76H71F6N8O9P. The number of phenols is 2. The summed E-state index contributed by atoms with van der Waals surface area (Å²) in [4.78, 5) is 65.8. The molecule has 0 saturated heterocycles. The number of carbonyl (C=O) groups excluding carboxylic acids is 3. The maximum atomic E-state index is 13.5. The zero-order valence-electron chi connectivity index (χ0n) is 54.8. The van der Waals surface area contributed by atoms with Crippen LogP contribution in [0.2, 0.25) is 0 Å². The molecule has 5 heterocycles. The van der Waals surface area contributed by atoms with Gasteiger partial charge < -0.3 is 49.8 Å². The predicted octanol–water partition coefficient (Wildman–Crippen LogP) is 15.3. The second-order valence-corrected chi connectivity index (χ2v) is 25.8. The third kappa shape index (κ3) is 17.7. The Kier molecular flexibility index (Phi) is 22.9. The van der Waals surface area contributed by atoms with Crippen molar-refractivity contribution >= 4 is 58.1 Å². The molecular weight excluding hydrogens is 1310 g/mol. The number of nitrogens with one attached hydrogen (secondary N) is 3. The molecule has 24 heteroatoms. The number of pyridine rings is 2. The summed E-state index contributed by atoms with van der Waals surface area (Å²) in [5.74, 6) is -2.89. The van der Waals surface area contributed by atoms with Gasteiger partial charge in [-0.1, -0.05) is 105 Å². The summed E-state index contributed by atoms with van der Waals surface area (Å²) in [5.41, 5.74) is 9.75. The molecule has 0 bridgehead atoms. The summed E-state index contributed by atoms with van der Waals surface area (Å²) in [6, 6.07) is 50.4. The Bertz CT molecular complexity index is 4950. The zero-order valence-corrected chi connectivity index (χ0v) is 55.7. The molecule has 7 aromatic carbocycles. The van der Waals surface area contributed by atoms with Gasteiger partial charge in [0.15, 0.2) is 11.6 Å². The minimum absolute atomic E-state index is 0.0162. The maximum absolute atomic E-state index is 13.5. The highest BCUT2D eigenvalue weighted by molar-refractivity contribution is 7.51. The summed E-state index contributed by atoms with van der Waals surface area (Å²) in [6.07, 6.45) is -0.0326. The smallest absolute Gasteiger partial charge is 0.416 e. The third-order valence-corrected chi connectivity index (χ3v) is 17.4. The standard InChI is InChI=1S/C27H29FN3O5P.C26H24F2N2O2.C23H18F3N3O2/c1-19-26(27(32)36-18-22-12-23(28)16-30-15-22)24-13-21(14-29-10-5-11-37(33,34)35)8-9-25(24)31(19)17-20-6-3-2-4-7-20;1-16(2)25-24(26(32)29-14-18-8-10-21(27)22(28)12-18)20-13-19(31)9-11-23(20)30(25)15-17-6-4-3-5-7-17;1-14-21(22(31)28-13-15-5-7-16(8-6-15)23(24,25)26)18-12-17(30)9-10-19(18)29(14)20-4-2-3-11-27-20/h2-4,6-9,12-13,15-16,29H,5,10-11,14,17-18H2,1H3,(H2,33,34,35);3-13,16,31H,14-15H2,1-2H3,(H,29,32);2-12,30H,13H2,1H3,(H,28,31). The van der Waals surface area contributed by atoms with Gasteiger partial charge in [0.2, 0.25) is 0 Å². The number of aromatic hydroxyl groups is 2. The van der Waals surface area contributed by atoms with Gasteiger partial charge in [0.1, 0.15) is 29.7 Å². The Labute approximate surface area is 571 Å². The number of aromatic nitrogens is 5. The zero-order chi connectivity index (χ0) is 71.4. The highest BCUT2D eigenvalue weighted by atomic mass is 31.2. The van der Waals surface area contributed by atoms with Gasteiger partial charge in [0, 0.05) is 95.0 Å². The van der Waals surface area contributed by atoms with E-state index in [1.807, 2.05) is 122 Å². The summed E-state index contributed by atoms with van der Waals surface area (Å²) in [5, 5.41) is 30.8. The van der Waals surface area contributed by atoms with Crippen LogP contribution in [0.25, 0.3) is 38.5 Å². The maximum Gasteiger partial charge on any atom is 0.416 e. The van der Waals surface area contributed by atoms with Crippen LogP contribution in [0, 0.1) is 31.3 Å². The quantitative estimate of drug-likeness (QED) is 0.0154. The number of rotatable bonds is 21. The first-order chi connectivity index (χ1) is 47.8. The number of ether oxygens (including phenoxy) is 1. The Morgan fingerprint density at radius 1 is 0.570 bits per heavy atom. The number of fused-ring (bicyclic) bond motifs is 3. The minimum atomic E-state index is -4.41. The molecule has 100 heavy (non-hydrogen) atoms. The number of phenolic OH excluding ortho intramolecular Hbond substituents is 2. The van der Waals surface area contributed by atoms with E-state index in [1.165, 1.54) is 42.6 Å². The first-order valence-electron chi connectivity index (χ1n) is 31.8. The van der Waals surface area contributed by atoms with Gasteiger partial charge in [0.25, 0.3) is 11.8 Å². The lowest BCUT2D eigenvalue weighted by Crippen LogP contribution is -2.24. The predicted molar refractivity (Wildman–Crippen MR) is 370 cm³/mol. The molecule has 12 rings (SSSR count). The number of nitrogens with zero attached hydrogens (tertiary/aromatic N) is 5. The van der Waals surface area contributed by atoms with Crippen LogP contribution in [-0.2, 0) is 54.8 Å². The van der Waals surface area contributed by atoms with Crippen LogP contribution in [-0.4, -0.2) is 74.2 Å². The Hall–Kier alpha value is -10.8. The molecule has 0 saturated carbocycles. The Morgan fingerprint density at radius 3 is 1.74 bits per heavy atom. The summed E-state index contributed by atoms with van der Waals surface area (Å²) in [7, 11) is -4.01. The molecule has 2 amide bonds. The van der Waals surface area contributed by atoms with Gasteiger partial charge >= 0.3 is 19.7 Å². The minimum Gasteiger partial charge on any atom is -0.508 e. The fourth-order valence-electron chi connectivity index (χ4n) is 11.9. The van der Waals surface area contributed by atoms with Gasteiger partial charge in [-0.25, -0.2) is 22.9 Å². The summed E-state index contributed by atoms with van der Waals surface area (Å²) in [6.45, 7) is 9.78. The average molecular weight is 1390 g/mol. The van der Waals surface area contributed by atoms with Crippen molar-refractivity contribution in [1.82, 2.24) is 39.6 Å². The molecule has 0 spiro atoms. The monoisotopic (exact) mass is 1380 g/mol. The molecule has 0 aliphatic carbocycles. The number of hydrogen-bond acceptors (Lipinski definition) is 10. The van der Waals surface area contributed by atoms with Crippen LogP contribution in [0.5, 0.6) is 11.5 Å². The van der Waals surface area contributed by atoms with E-state index >= 15 is 0 Å². The molecule has 0 aliphatic rings. The van der Waals surface area contributed by atoms with E-state index in [0.29, 0.717) is 93.8 Å². The number of esters is 1. The summed E-state index contributed by atoms with van der Waals surface area (Å²) >= 11 is 0. The van der Waals surface area contributed by atoms with Crippen LogP contribution in [0.15, 0.2) is 201 Å². The molecule has 7 N–H and O–H groups in total. The van der Waals surface area contributed by atoms with Crippen molar-refractivity contribution in [3.8, 4) is 17.3 Å². The largest absolute Gasteiger partial charge is 0.508 e. The second kappa shape index (κ2) is 31.8. The van der Waals surface area contributed by atoms with E-state index in [1.54, 1.807) is 37.4 Å². The molecule has 0 unspecified atom stereocenters. The molecule has 17 nitrogen and oxygen atoms in total. The van der Waals surface area contributed by atoms with E-state index in [-0.39, 0.29) is 49.2 Å². The molecule has 0 fully saturated rings. The van der Waals surface area contributed by atoms with Crippen LogP contribution >= 0.6 is 7.60 Å². The summed E-state index contributed by atoms with van der Waals surface area (Å²) < 4.78 is 101. The van der Waals surface area contributed by atoms with E-state index in [2.05, 4.69) is 35.1 Å². The fourth-order valence-corrected chi connectivity index (χ4v) is 12.5. The average Bonchev–Trinajstić information content (AvgIpc) is 1.62. The van der Waals surface area contributed by atoms with Crippen LogP contribution in [0.3, 0.4) is 0 Å². The van der Waals surface area contributed by atoms with Gasteiger partial charge in [-0.15, -0.1) is 0 Å². The van der Waals surface area contributed by atoms with Crippen molar-refractivity contribution in [2.75, 3.05) is 12.7 Å². The first kappa shape index (κ1) is 71.9. The normalized spacial score (nSPS) is 11.5. The van der Waals surface area contributed by atoms with Crippen molar-refractivity contribution < 1.29 is 70.0 Å². The second-order valence-electron chi connectivity index (χ2n) is 24.1. The first-order valence-corrected chi connectivity index (χ1v) is 33.6. The van der Waals surface area contributed by atoms with E-state index < -0.39 is 48.7 Å². The van der Waals surface area contributed by atoms with Crippen LogP contribution in [0.4, 0.5) is 26.3 Å². The van der Waals surface area contributed by atoms with Crippen molar-refractivity contribution in [1.29, 1.82) is 0 Å². The van der Waals surface area contributed by atoms with Crippen molar-refractivity contribution in [3.63, 3.8) is 0 Å². The molecule has 516 valence electrons. The fraction of sp³-hybridized carbons (Fsp3) is 0.197. The molecule has 5 aromatic heterocycles. The van der Waals surface area contributed by atoms with Gasteiger partial charge in [-0.05, 0) is 152 Å². The van der Waals surface area contributed by atoms with Crippen molar-refractivity contribution in [2.24, 2.45) is 0 Å². The molecule has 0 aliphatic heterocycles. The number of halogens is 6. The SMILES string of the molecule is CC(C)c1c(C(=O)NCc2ccc(F)c(F)c2)c2cc(O)ccc2n1Cc1ccccc1.Cc1c(C(=O)NCc2ccc(C(F)(F)F)cc2)c2cc(O)ccc2n1-c1ccccn1.Cc1c(C(=O)OCc2cncc(F)c2)c2cc(CNCCCP(=O)(O)O)ccc2n1Cc1ccccc1. The number of carbonyl (C=O) groups is 3. The molecule has 0 radical (unpaired) electrons. The van der Waals surface area contributed by atoms with E-state index in [0.717, 1.165) is 75.0 Å². The highest BCUT2D eigenvalue weighted by Crippen LogP contribution is 2.37. The third-order valence-electron chi connectivity index (χ3n) is 16.5. The lowest BCUT2D eigenvalue weighted by molar-refractivity contribution is -0.137. The van der Waals surface area contributed by atoms with Gasteiger partial charge in [-0.3, -0.25) is 23.7 Å². The van der Waals surface area contributed by atoms with E-state index in [4.69, 9.17) is 14.5 Å². The lowest BCUT2D eigenvalue weighted by Gasteiger charge is -2.15. The van der Waals surface area contributed by atoms with E-state index in [9.17, 15) is 55.5 Å². The number of hydrogen-bond donors (Lipinski definition) is 7. The lowest BCUT2D eigenvalue weighted by atomic mass is 10.0. The number of amides is 2. The van der Waals surface area contributed by atoms with Crippen LogP contribution in [0.1, 0.15) is 113 Å². The van der Waals surface area contributed by atoms with Crippen molar-refractivity contribution in [2.45, 2.75) is 85.5 Å². The number of benzene rings is 7. The van der Waals surface area contributed by atoms with Gasteiger partial charge in [-0.2, -0.15) is 13.2 Å². The molecule has 0 atom stereocenters. The van der Waals surface area contributed by atoms with Crippen molar-refractivity contribution in [3.05, 3.63) is 291 Å².